The van der Waals surface area contributed by atoms with E-state index in [1.54, 1.807) is 7.11 Å². The molecule has 3 N–H and O–H groups in total. The number of fused-ring (bicyclic) bond motifs is 15. The van der Waals surface area contributed by atoms with E-state index in [0.29, 0.717) is 71.3 Å². The van der Waals surface area contributed by atoms with E-state index < -0.39 is 53.3 Å². The van der Waals surface area contributed by atoms with Crippen LogP contribution in [0, 0.1) is 46.3 Å². The minimum Gasteiger partial charge on any atom is -0.482 e. The average molecular weight is 1390 g/mol. The van der Waals surface area contributed by atoms with Gasteiger partial charge in [0.05, 0.1) is 25.4 Å². The Bertz CT molecular complexity index is 4830. The summed E-state index contributed by atoms with van der Waals surface area (Å²) in [5.41, 5.74) is 13.4. The van der Waals surface area contributed by atoms with Crippen molar-refractivity contribution in [1.82, 2.24) is 0 Å². The van der Waals surface area contributed by atoms with Crippen LogP contribution in [0.1, 0.15) is 229 Å². The first kappa shape index (κ1) is 66.5. The van der Waals surface area contributed by atoms with E-state index in [1.165, 1.54) is 74.0 Å². The number of hydrogen-bond donors (Lipinski definition) is 3. The van der Waals surface area contributed by atoms with E-state index >= 15 is 14.4 Å². The van der Waals surface area contributed by atoms with Crippen LogP contribution >= 0.6 is 0 Å². The van der Waals surface area contributed by atoms with E-state index in [4.69, 9.17) is 23.4 Å². The molecule has 1 aromatic heterocycles. The molecular weight excluding hydrogens is 1290 g/mol. The summed E-state index contributed by atoms with van der Waals surface area (Å²) < 4.78 is 35.6. The highest BCUT2D eigenvalue weighted by Crippen LogP contribution is 2.73. The van der Waals surface area contributed by atoms with Gasteiger partial charge in [0.15, 0.2) is 17.8 Å². The number of carbonyl (C=O) groups is 2. The van der Waals surface area contributed by atoms with Gasteiger partial charge in [0.2, 0.25) is 0 Å². The second kappa shape index (κ2) is 25.8. The highest BCUT2D eigenvalue weighted by molar-refractivity contribution is 5.91. The number of esters is 2. The molecule has 20 rings (SSSR count). The SMILES string of the molecule is COCC(CCO)c1c(CO)c2ccc3c(c2oc1=O)C1OC(=O)CC2CC(c4cccc5c4CCC4CCCC6C=Cc7ccccc7C564)C=CC2c2ccc4c(c2)C2CC56C=CCC(O3)(C1OC(=O)C(=C(C)CO)CC4C1(CCCC1CCc1ccccc1)C2)C5CC1c2ccccc2C=CC16. The second-order valence-electron chi connectivity index (χ2n) is 33.6. The summed E-state index contributed by atoms with van der Waals surface area (Å²) in [6.45, 7) is 0.791. The van der Waals surface area contributed by atoms with E-state index in [2.05, 4.69) is 164 Å². The van der Waals surface area contributed by atoms with Crippen LogP contribution in [-0.2, 0) is 48.7 Å². The number of aliphatic hydroxyl groups excluding tert-OH is 3. The first-order chi connectivity index (χ1) is 50.9. The molecule has 0 radical (unpaired) electrons. The third-order valence-corrected chi connectivity index (χ3v) is 29.3. The third kappa shape index (κ3) is 9.96. The molecule has 7 aromatic rings. The molecular formula is C93H96O11. The van der Waals surface area contributed by atoms with Crippen LogP contribution in [0.4, 0.5) is 0 Å². The zero-order valence-corrected chi connectivity index (χ0v) is 60.0. The number of ether oxygens (including phenoxy) is 4. The van der Waals surface area contributed by atoms with Crippen molar-refractivity contribution in [3.8, 4) is 5.75 Å². The molecule has 3 spiro atoms. The maximum absolute atomic E-state index is 16.9. The molecule has 5 heterocycles. The number of aryl methyl sites for hydroxylation is 1. The topological polar surface area (TPSA) is 162 Å². The lowest BCUT2D eigenvalue weighted by atomic mass is 9.48. The van der Waals surface area contributed by atoms with E-state index in [1.807, 2.05) is 19.1 Å². The number of benzene rings is 6. The number of rotatable bonds is 11. The van der Waals surface area contributed by atoms with Gasteiger partial charge in [0.1, 0.15) is 11.3 Å². The Morgan fingerprint density at radius 1 is 0.750 bits per heavy atom. The van der Waals surface area contributed by atoms with Gasteiger partial charge < -0.3 is 38.7 Å². The van der Waals surface area contributed by atoms with Crippen molar-refractivity contribution in [3.63, 3.8) is 0 Å². The number of methoxy groups -OCH3 is 1. The summed E-state index contributed by atoms with van der Waals surface area (Å²) in [5, 5.41) is 34.1. The minimum atomic E-state index is -1.41. The second-order valence-corrected chi connectivity index (χ2v) is 33.6. The quantitative estimate of drug-likeness (QED) is 0.0489. The fourth-order valence-corrected chi connectivity index (χ4v) is 25.2. The molecule has 534 valence electrons. The lowest BCUT2D eigenvalue weighted by Crippen LogP contribution is -2.64. The lowest BCUT2D eigenvalue weighted by molar-refractivity contribution is -0.210. The van der Waals surface area contributed by atoms with Gasteiger partial charge in [0, 0.05) is 77.6 Å². The molecule has 8 bridgehead atoms. The van der Waals surface area contributed by atoms with Crippen molar-refractivity contribution in [2.24, 2.45) is 46.3 Å². The zero-order chi connectivity index (χ0) is 70.4. The molecule has 13 aliphatic rings. The summed E-state index contributed by atoms with van der Waals surface area (Å²) in [4.78, 5) is 48.7. The summed E-state index contributed by atoms with van der Waals surface area (Å²) >= 11 is 0. The van der Waals surface area contributed by atoms with Gasteiger partial charge in [-0.3, -0.25) is 4.79 Å². The van der Waals surface area contributed by atoms with Crippen molar-refractivity contribution >= 4 is 35.1 Å². The summed E-state index contributed by atoms with van der Waals surface area (Å²) in [5.74, 6) is -0.888. The average Bonchev–Trinajstić information content (AvgIpc) is 1.50. The maximum Gasteiger partial charge on any atom is 0.340 e. The van der Waals surface area contributed by atoms with Gasteiger partial charge in [0.25, 0.3) is 0 Å². The summed E-state index contributed by atoms with van der Waals surface area (Å²) in [6.07, 6.45) is 31.5. The first-order valence-electron chi connectivity index (χ1n) is 39.3. The Labute approximate surface area is 610 Å². The fraction of sp³-hybridized carbons (Fsp3) is 0.452. The van der Waals surface area contributed by atoms with Gasteiger partial charge in [-0.25, -0.2) is 9.59 Å². The molecule has 18 atom stereocenters. The Morgan fingerprint density at radius 3 is 2.43 bits per heavy atom. The van der Waals surface area contributed by atoms with E-state index in [9.17, 15) is 15.3 Å². The molecule has 4 aliphatic heterocycles. The highest BCUT2D eigenvalue weighted by Gasteiger charge is 2.70. The number of carbonyl (C=O) groups excluding carboxylic acids is 2. The number of allylic oxidation sites excluding steroid dienone is 5. The molecule has 11 nitrogen and oxygen atoms in total. The Kier molecular flexibility index (Phi) is 16.5. The van der Waals surface area contributed by atoms with Crippen molar-refractivity contribution in [3.05, 3.63) is 263 Å². The van der Waals surface area contributed by atoms with Crippen LogP contribution in [0.5, 0.6) is 5.75 Å². The Balaban J connectivity index is 0.850. The predicted octanol–water partition coefficient (Wildman–Crippen LogP) is 17.7. The number of hydrogen-bond acceptors (Lipinski definition) is 11. The molecule has 11 heteroatoms. The van der Waals surface area contributed by atoms with Crippen LogP contribution in [0.2, 0.25) is 0 Å². The normalized spacial score (nSPS) is 34.2. The van der Waals surface area contributed by atoms with Crippen LogP contribution in [0.25, 0.3) is 23.1 Å². The molecule has 104 heavy (non-hydrogen) atoms. The van der Waals surface area contributed by atoms with Gasteiger partial charge in [-0.1, -0.05) is 177 Å². The maximum atomic E-state index is 16.9. The predicted molar refractivity (Wildman–Crippen MR) is 402 cm³/mol. The minimum absolute atomic E-state index is 0.00640. The van der Waals surface area contributed by atoms with Crippen molar-refractivity contribution in [2.45, 2.75) is 188 Å². The first-order valence-corrected chi connectivity index (χ1v) is 39.3. The highest BCUT2D eigenvalue weighted by atomic mass is 16.6. The molecule has 1 saturated heterocycles. The summed E-state index contributed by atoms with van der Waals surface area (Å²) in [7, 11) is 1.54. The largest absolute Gasteiger partial charge is 0.482 e. The standard InChI is InChI=1S/C93H96O11/c1-54(51-95)72-47-79-70-34-28-59-45-73(70)62(49-90(79)40-12-20-63(90)30-25-55-14-4-3-5-15-55)50-91-41-13-42-92(81(91)48-74-67-21-8-6-16-56(67)29-37-77(74)91)87(103-88(72)98)86(84-80(104-92)38-36-71-75(52-96)83(89(99)102-85(71)84)60(39-43-94)53-100-2)101-82(97)46-61-44-58(27-33-66(59)61)68-22-11-24-78-69(68)35-32-65-19-10-18-64-31-26-57-17-7-9-23-76(57)93(64,65)78/h3-9,11,13-17,21-24,26-29,31,33-34,36-38,41,45,58,60-66,74,77,79,81,86-87,94-96H,10,12,18-20,25,30,32,35,39-40,42-44,46-53H2,1-2H3. The molecule has 9 aliphatic carbocycles. The monoisotopic (exact) mass is 1390 g/mol. The van der Waals surface area contributed by atoms with Gasteiger partial charge in [-0.05, 0) is 234 Å². The molecule has 18 unspecified atom stereocenters. The molecule has 0 amide bonds. The van der Waals surface area contributed by atoms with Crippen LogP contribution < -0.4 is 10.4 Å². The third-order valence-electron chi connectivity index (χ3n) is 29.3. The van der Waals surface area contributed by atoms with E-state index in [0.717, 1.165) is 64.2 Å². The fourth-order valence-electron chi connectivity index (χ4n) is 25.2. The molecule has 4 fully saturated rings. The zero-order valence-electron chi connectivity index (χ0n) is 60.0. The van der Waals surface area contributed by atoms with Crippen molar-refractivity contribution in [1.29, 1.82) is 0 Å². The van der Waals surface area contributed by atoms with Crippen molar-refractivity contribution < 1.29 is 48.3 Å². The van der Waals surface area contributed by atoms with E-state index in [-0.39, 0.29) is 108 Å². The van der Waals surface area contributed by atoms with Crippen molar-refractivity contribution in [2.75, 3.05) is 26.9 Å². The Morgan fingerprint density at radius 2 is 1.58 bits per heavy atom. The summed E-state index contributed by atoms with van der Waals surface area (Å²) in [6, 6.07) is 47.2. The lowest BCUT2D eigenvalue weighted by Gasteiger charge is -2.57. The van der Waals surface area contributed by atoms with Gasteiger partial charge in [-0.2, -0.15) is 0 Å². The molecule has 3 saturated carbocycles. The number of aliphatic hydroxyl groups is 3. The molecule has 6 aromatic carbocycles. The smallest absolute Gasteiger partial charge is 0.340 e. The van der Waals surface area contributed by atoms with Crippen LogP contribution in [-0.4, -0.2) is 65.9 Å². The van der Waals surface area contributed by atoms with Crippen LogP contribution in [0.3, 0.4) is 0 Å². The van der Waals surface area contributed by atoms with Gasteiger partial charge in [-0.15, -0.1) is 0 Å². The Hall–Kier alpha value is -8.19. The van der Waals surface area contributed by atoms with Gasteiger partial charge >= 0.3 is 17.6 Å². The van der Waals surface area contributed by atoms with Crippen LogP contribution in [0.15, 0.2) is 184 Å².